The summed E-state index contributed by atoms with van der Waals surface area (Å²) in [5.41, 5.74) is 10.8. The number of fused-ring (bicyclic) bond motifs is 2. The molecule has 0 spiro atoms. The minimum atomic E-state index is -0.651. The van der Waals surface area contributed by atoms with Crippen molar-refractivity contribution < 1.29 is 19.1 Å². The molecule has 1 aliphatic heterocycles. The van der Waals surface area contributed by atoms with Gasteiger partial charge in [-0.05, 0) is 63.6 Å². The first-order valence-electron chi connectivity index (χ1n) is 14.6. The number of hydrogen-bond acceptors (Lipinski definition) is 7. The highest BCUT2D eigenvalue weighted by molar-refractivity contribution is 5.96. The number of amides is 2. The second-order valence-electron chi connectivity index (χ2n) is 11.8. The van der Waals surface area contributed by atoms with Gasteiger partial charge in [0.1, 0.15) is 17.0 Å². The smallest absolute Gasteiger partial charge is 0.262 e. The van der Waals surface area contributed by atoms with Crippen LogP contribution in [0.25, 0.3) is 28.1 Å². The number of likely N-dealkylation sites (N-methyl/N-ethyl adjacent to an activating group) is 1. The van der Waals surface area contributed by atoms with Crippen LogP contribution < -0.4 is 15.2 Å². The lowest BCUT2D eigenvalue weighted by molar-refractivity contribution is -0.135. The zero-order valence-electron chi connectivity index (χ0n) is 25.0. The molecule has 2 fully saturated rings. The van der Waals surface area contributed by atoms with E-state index in [-0.39, 0.29) is 17.9 Å². The fourth-order valence-electron chi connectivity index (χ4n) is 5.88. The molecular weight excluding hydrogens is 534 g/mol. The highest BCUT2D eigenvalue weighted by Gasteiger charge is 2.28. The van der Waals surface area contributed by atoms with Crippen LogP contribution in [0.4, 0.5) is 0 Å². The number of carbonyl (C=O) groups excluding carboxylic acids is 2. The van der Waals surface area contributed by atoms with Gasteiger partial charge in [-0.1, -0.05) is 0 Å². The molecule has 2 amide bonds. The molecule has 0 unspecified atom stereocenters. The van der Waals surface area contributed by atoms with E-state index in [0.29, 0.717) is 42.0 Å². The number of aryl methyl sites for hydroxylation is 1. The van der Waals surface area contributed by atoms with Gasteiger partial charge in [-0.25, -0.2) is 4.98 Å². The molecule has 5 heterocycles. The van der Waals surface area contributed by atoms with Crippen molar-refractivity contribution in [1.82, 2.24) is 28.7 Å². The van der Waals surface area contributed by atoms with Gasteiger partial charge < -0.3 is 29.6 Å². The number of imidazole rings is 1. The average molecular weight is 574 g/mol. The molecule has 11 heteroatoms. The molecule has 6 rings (SSSR count). The monoisotopic (exact) mass is 573 g/mol. The van der Waals surface area contributed by atoms with Crippen LogP contribution in [0.2, 0.25) is 0 Å². The van der Waals surface area contributed by atoms with Gasteiger partial charge in [-0.2, -0.15) is 4.98 Å². The summed E-state index contributed by atoms with van der Waals surface area (Å²) in [6.45, 7) is 5.80. The Labute approximate surface area is 245 Å². The van der Waals surface area contributed by atoms with Crippen LogP contribution in [0.15, 0.2) is 30.3 Å². The van der Waals surface area contributed by atoms with E-state index in [9.17, 15) is 9.59 Å². The number of carbonyl (C=O) groups is 2. The molecular formula is C31H39N7O4. The summed E-state index contributed by atoms with van der Waals surface area (Å²) in [5, 5.41) is 0.963. The number of piperidine rings is 1. The molecule has 4 aromatic rings. The first-order valence-corrected chi connectivity index (χ1v) is 14.6. The Bertz CT molecular complexity index is 1670. The average Bonchev–Trinajstić information content (AvgIpc) is 3.65. The summed E-state index contributed by atoms with van der Waals surface area (Å²) < 4.78 is 15.9. The molecule has 1 aliphatic carbocycles. The van der Waals surface area contributed by atoms with Gasteiger partial charge in [0.2, 0.25) is 5.88 Å². The predicted molar refractivity (Wildman–Crippen MR) is 160 cm³/mol. The predicted octanol–water partition coefficient (Wildman–Crippen LogP) is 3.50. The molecule has 0 aromatic carbocycles. The first-order chi connectivity index (χ1) is 20.1. The van der Waals surface area contributed by atoms with Gasteiger partial charge in [0, 0.05) is 62.9 Å². The van der Waals surface area contributed by atoms with E-state index in [0.717, 1.165) is 47.5 Å². The van der Waals surface area contributed by atoms with Crippen LogP contribution in [0, 0.1) is 12.8 Å². The van der Waals surface area contributed by atoms with Gasteiger partial charge in [-0.15, -0.1) is 0 Å². The standard InChI is InChI=1S/C31H39N7O4/c1-18-28(33-25-14-22(15-27(41-5)38(18)25)31(40)36-12-6-7-23(32)17-36)24-13-21-10-11-26(42-19(2)30(39)35(3)4)34-29(21)37(24)16-20-8-9-20/h10-11,13-15,19-20,23H,6-9,12,16-17,32H2,1-5H3/t19-,23+/m0/s1. The molecule has 42 heavy (non-hydrogen) atoms. The Morgan fingerprint density at radius 2 is 1.93 bits per heavy atom. The number of aromatic nitrogens is 4. The Hall–Kier alpha value is -4.12. The molecule has 2 aliphatic rings. The Balaban J connectivity index is 1.42. The zero-order chi connectivity index (χ0) is 29.7. The molecule has 11 nitrogen and oxygen atoms in total. The fourth-order valence-corrected chi connectivity index (χ4v) is 5.88. The van der Waals surface area contributed by atoms with Gasteiger partial charge in [0.25, 0.3) is 11.8 Å². The highest BCUT2D eigenvalue weighted by atomic mass is 16.5. The van der Waals surface area contributed by atoms with Crippen molar-refractivity contribution in [2.45, 2.75) is 58.2 Å². The number of likely N-dealkylation sites (tertiary alicyclic amines) is 1. The van der Waals surface area contributed by atoms with E-state index < -0.39 is 6.10 Å². The summed E-state index contributed by atoms with van der Waals surface area (Å²) >= 11 is 0. The number of methoxy groups -OCH3 is 1. The quantitative estimate of drug-likeness (QED) is 0.343. The van der Waals surface area contributed by atoms with Crippen LogP contribution >= 0.6 is 0 Å². The van der Waals surface area contributed by atoms with Crippen LogP contribution in [0.5, 0.6) is 11.8 Å². The maximum Gasteiger partial charge on any atom is 0.262 e. The molecule has 0 radical (unpaired) electrons. The van der Waals surface area contributed by atoms with Crippen molar-refractivity contribution in [1.29, 1.82) is 0 Å². The van der Waals surface area contributed by atoms with E-state index in [1.165, 1.54) is 17.7 Å². The van der Waals surface area contributed by atoms with Gasteiger partial charge in [0.15, 0.2) is 12.0 Å². The minimum Gasteiger partial charge on any atom is -0.482 e. The minimum absolute atomic E-state index is 0.00167. The van der Waals surface area contributed by atoms with Crippen molar-refractivity contribution >= 4 is 28.5 Å². The number of nitrogens with zero attached hydrogens (tertiary/aromatic N) is 6. The lowest BCUT2D eigenvalue weighted by Crippen LogP contribution is -2.45. The number of pyridine rings is 2. The number of rotatable bonds is 8. The highest BCUT2D eigenvalue weighted by Crippen LogP contribution is 2.37. The summed E-state index contributed by atoms with van der Waals surface area (Å²) in [6.07, 6.45) is 3.53. The molecule has 2 N–H and O–H groups in total. The fraction of sp³-hybridized carbons (Fsp3) is 0.484. The first kappa shape index (κ1) is 28.0. The van der Waals surface area contributed by atoms with E-state index in [1.807, 2.05) is 28.4 Å². The zero-order valence-corrected chi connectivity index (χ0v) is 25.0. The Morgan fingerprint density at radius 3 is 2.62 bits per heavy atom. The van der Waals surface area contributed by atoms with E-state index in [4.69, 9.17) is 25.2 Å². The molecule has 0 bridgehead atoms. The third-order valence-corrected chi connectivity index (χ3v) is 8.30. The van der Waals surface area contributed by atoms with Crippen LogP contribution in [0.1, 0.15) is 48.7 Å². The number of hydrogen-bond donors (Lipinski definition) is 1. The maximum atomic E-state index is 13.4. The number of ether oxygens (including phenoxy) is 2. The van der Waals surface area contributed by atoms with Crippen LogP contribution in [-0.4, -0.2) is 87.0 Å². The molecule has 222 valence electrons. The molecule has 4 aromatic heterocycles. The third-order valence-electron chi connectivity index (χ3n) is 8.30. The normalized spacial score (nSPS) is 18.0. The topological polar surface area (TPSA) is 120 Å². The van der Waals surface area contributed by atoms with E-state index >= 15 is 0 Å². The van der Waals surface area contributed by atoms with Crippen molar-refractivity contribution in [2.24, 2.45) is 11.7 Å². The summed E-state index contributed by atoms with van der Waals surface area (Å²) in [5.74, 6) is 1.34. The van der Waals surface area contributed by atoms with Crippen LogP contribution in [-0.2, 0) is 11.3 Å². The largest absolute Gasteiger partial charge is 0.482 e. The Kier molecular flexibility index (Phi) is 7.30. The van der Waals surface area contributed by atoms with Crippen molar-refractivity contribution in [2.75, 3.05) is 34.3 Å². The van der Waals surface area contributed by atoms with Gasteiger partial charge in [0.05, 0.1) is 18.5 Å². The lowest BCUT2D eigenvalue weighted by Gasteiger charge is -2.30. The van der Waals surface area contributed by atoms with Crippen LogP contribution in [0.3, 0.4) is 0 Å². The lowest BCUT2D eigenvalue weighted by atomic mass is 10.1. The van der Waals surface area contributed by atoms with Crippen molar-refractivity contribution in [3.63, 3.8) is 0 Å². The third kappa shape index (κ3) is 5.17. The Morgan fingerprint density at radius 1 is 1.14 bits per heavy atom. The van der Waals surface area contributed by atoms with E-state index in [1.54, 1.807) is 40.3 Å². The number of nitrogens with two attached hydrogens (primary N) is 1. The van der Waals surface area contributed by atoms with Crippen molar-refractivity contribution in [3.05, 3.63) is 41.6 Å². The van der Waals surface area contributed by atoms with Gasteiger partial charge in [-0.3, -0.25) is 14.0 Å². The van der Waals surface area contributed by atoms with Gasteiger partial charge >= 0.3 is 0 Å². The van der Waals surface area contributed by atoms with E-state index in [2.05, 4.69) is 10.6 Å². The summed E-state index contributed by atoms with van der Waals surface area (Å²) in [7, 11) is 5.02. The summed E-state index contributed by atoms with van der Waals surface area (Å²) in [6, 6.07) is 9.50. The molecule has 1 saturated heterocycles. The second kappa shape index (κ2) is 10.9. The molecule has 1 saturated carbocycles. The SMILES string of the molecule is COc1cc(C(=O)N2CCC[C@@H](N)C2)cc2nc(-c3cc4ccc(O[C@@H](C)C(=O)N(C)C)nc4n3CC3CC3)c(C)n12. The molecule has 2 atom stereocenters. The maximum absolute atomic E-state index is 13.4. The van der Waals surface area contributed by atoms with Crippen molar-refractivity contribution in [3.8, 4) is 23.1 Å². The second-order valence-corrected chi connectivity index (χ2v) is 11.8. The summed E-state index contributed by atoms with van der Waals surface area (Å²) in [4.78, 5) is 39.0.